The lowest BCUT2D eigenvalue weighted by molar-refractivity contribution is 0.0687. The first-order valence-corrected chi connectivity index (χ1v) is 12.6. The number of piperidine rings is 1. The number of piperazine rings is 1. The maximum Gasteiger partial charge on any atom is 0.147 e. The van der Waals surface area contributed by atoms with Gasteiger partial charge >= 0.3 is 0 Å². The lowest BCUT2D eigenvalue weighted by Gasteiger charge is -2.47. The summed E-state index contributed by atoms with van der Waals surface area (Å²) in [5, 5.41) is 5.34. The maximum atomic E-state index is 14.2. The van der Waals surface area contributed by atoms with Gasteiger partial charge in [0.25, 0.3) is 0 Å². The van der Waals surface area contributed by atoms with E-state index in [4.69, 9.17) is 23.2 Å². The summed E-state index contributed by atoms with van der Waals surface area (Å²) in [6.45, 7) is 7.64. The van der Waals surface area contributed by atoms with Gasteiger partial charge < -0.3 is 4.90 Å². The Morgan fingerprint density at radius 3 is 2.59 bits per heavy atom. The first-order valence-electron chi connectivity index (χ1n) is 11.8. The number of rotatable bonds is 5. The Morgan fingerprint density at radius 1 is 1.09 bits per heavy atom. The van der Waals surface area contributed by atoms with Crippen LogP contribution in [0.3, 0.4) is 0 Å². The predicted molar refractivity (Wildman–Crippen MR) is 134 cm³/mol. The van der Waals surface area contributed by atoms with Crippen LogP contribution >= 0.6 is 23.2 Å². The SMILES string of the molecule is C[C@H]1CN(c2ncc(-n3cccn3)cc2Cl)CCN1C1CCN(Cc2ccc(Cl)cc2F)CC1. The van der Waals surface area contributed by atoms with Gasteiger partial charge in [0.05, 0.1) is 16.9 Å². The van der Waals surface area contributed by atoms with E-state index >= 15 is 0 Å². The van der Waals surface area contributed by atoms with Crippen molar-refractivity contribution in [3.05, 3.63) is 70.3 Å². The van der Waals surface area contributed by atoms with E-state index in [1.54, 1.807) is 23.0 Å². The highest BCUT2D eigenvalue weighted by atomic mass is 35.5. The van der Waals surface area contributed by atoms with Crippen molar-refractivity contribution in [2.75, 3.05) is 37.6 Å². The fourth-order valence-corrected chi connectivity index (χ4v) is 5.65. The summed E-state index contributed by atoms with van der Waals surface area (Å²) in [5.74, 6) is 0.619. The third-order valence-electron chi connectivity index (χ3n) is 6.99. The molecule has 1 aromatic carbocycles. The average molecular weight is 503 g/mol. The lowest BCUT2D eigenvalue weighted by atomic mass is 9.99. The molecule has 0 unspecified atom stereocenters. The Kier molecular flexibility index (Phi) is 7.06. The van der Waals surface area contributed by atoms with Gasteiger partial charge in [0.1, 0.15) is 11.6 Å². The summed E-state index contributed by atoms with van der Waals surface area (Å²) in [5.41, 5.74) is 1.57. The van der Waals surface area contributed by atoms with Crippen molar-refractivity contribution in [3.8, 4) is 5.69 Å². The van der Waals surface area contributed by atoms with Gasteiger partial charge in [-0.2, -0.15) is 5.10 Å². The van der Waals surface area contributed by atoms with Gasteiger partial charge in [-0.25, -0.2) is 14.1 Å². The van der Waals surface area contributed by atoms with E-state index in [1.165, 1.54) is 6.07 Å². The first-order chi connectivity index (χ1) is 16.5. The number of benzene rings is 1. The largest absolute Gasteiger partial charge is 0.353 e. The molecule has 2 fully saturated rings. The summed E-state index contributed by atoms with van der Waals surface area (Å²) in [6, 6.07) is 9.72. The number of aromatic nitrogens is 3. The number of nitrogens with zero attached hydrogens (tertiary/aromatic N) is 6. The van der Waals surface area contributed by atoms with Gasteiger partial charge in [0, 0.05) is 61.2 Å². The molecular formula is C25H29Cl2FN6. The van der Waals surface area contributed by atoms with Crippen LogP contribution in [0.1, 0.15) is 25.3 Å². The highest BCUT2D eigenvalue weighted by Crippen LogP contribution is 2.29. The summed E-state index contributed by atoms with van der Waals surface area (Å²) in [4.78, 5) is 11.9. The van der Waals surface area contributed by atoms with Crippen LogP contribution in [0.15, 0.2) is 48.9 Å². The molecule has 1 atom stereocenters. The number of hydrogen-bond acceptors (Lipinski definition) is 5. The van der Waals surface area contributed by atoms with Gasteiger partial charge in [-0.3, -0.25) is 9.80 Å². The summed E-state index contributed by atoms with van der Waals surface area (Å²) >= 11 is 12.5. The maximum absolute atomic E-state index is 14.2. The molecule has 0 amide bonds. The molecule has 4 heterocycles. The Balaban J connectivity index is 1.16. The molecule has 2 saturated heterocycles. The molecule has 0 saturated carbocycles. The summed E-state index contributed by atoms with van der Waals surface area (Å²) < 4.78 is 15.9. The molecule has 6 nitrogen and oxygen atoms in total. The highest BCUT2D eigenvalue weighted by Gasteiger charge is 2.32. The molecule has 9 heteroatoms. The lowest BCUT2D eigenvalue weighted by Crippen LogP contribution is -2.57. The van der Waals surface area contributed by atoms with Gasteiger partial charge in [-0.05, 0) is 57.1 Å². The second-order valence-electron chi connectivity index (χ2n) is 9.23. The van der Waals surface area contributed by atoms with Crippen LogP contribution < -0.4 is 4.90 Å². The topological polar surface area (TPSA) is 40.4 Å². The number of halogens is 3. The van der Waals surface area contributed by atoms with Crippen LogP contribution in [0, 0.1) is 5.82 Å². The first kappa shape index (κ1) is 23.5. The van der Waals surface area contributed by atoms with E-state index in [2.05, 4.69) is 31.7 Å². The minimum absolute atomic E-state index is 0.218. The third-order valence-corrected chi connectivity index (χ3v) is 7.50. The molecule has 2 aliphatic heterocycles. The molecule has 5 rings (SSSR count). The summed E-state index contributed by atoms with van der Waals surface area (Å²) in [6.07, 6.45) is 7.63. The normalized spacial score (nSPS) is 20.7. The molecule has 2 aromatic heterocycles. The van der Waals surface area contributed by atoms with Gasteiger partial charge in [-0.15, -0.1) is 0 Å². The smallest absolute Gasteiger partial charge is 0.147 e. The fraction of sp³-hybridized carbons (Fsp3) is 0.440. The van der Waals surface area contributed by atoms with Crippen molar-refractivity contribution in [3.63, 3.8) is 0 Å². The van der Waals surface area contributed by atoms with Crippen molar-refractivity contribution in [1.82, 2.24) is 24.6 Å². The second-order valence-corrected chi connectivity index (χ2v) is 10.1. The Bertz CT molecular complexity index is 1120. The molecule has 0 radical (unpaired) electrons. The van der Waals surface area contributed by atoms with Crippen molar-refractivity contribution >= 4 is 29.0 Å². The molecule has 0 aliphatic carbocycles. The van der Waals surface area contributed by atoms with Crippen molar-refractivity contribution < 1.29 is 4.39 Å². The molecule has 180 valence electrons. The van der Waals surface area contributed by atoms with E-state index in [9.17, 15) is 4.39 Å². The third kappa shape index (κ3) is 5.08. The number of likely N-dealkylation sites (tertiary alicyclic amines) is 1. The Hall–Kier alpha value is -2.19. The monoisotopic (exact) mass is 502 g/mol. The predicted octanol–water partition coefficient (Wildman–Crippen LogP) is 4.89. The van der Waals surface area contributed by atoms with Crippen molar-refractivity contribution in [2.24, 2.45) is 0 Å². The van der Waals surface area contributed by atoms with Crippen LogP contribution in [-0.4, -0.2) is 69.4 Å². The average Bonchev–Trinajstić information content (AvgIpc) is 3.37. The molecule has 2 aliphatic rings. The molecule has 0 spiro atoms. The number of hydrogen-bond donors (Lipinski definition) is 0. The Morgan fingerprint density at radius 2 is 1.91 bits per heavy atom. The van der Waals surface area contributed by atoms with E-state index in [1.807, 2.05) is 24.5 Å². The van der Waals surface area contributed by atoms with E-state index in [0.29, 0.717) is 34.2 Å². The molecule has 0 N–H and O–H groups in total. The van der Waals surface area contributed by atoms with Crippen LogP contribution in [0.4, 0.5) is 10.2 Å². The zero-order valence-corrected chi connectivity index (χ0v) is 20.8. The minimum Gasteiger partial charge on any atom is -0.353 e. The van der Waals surface area contributed by atoms with Crippen LogP contribution in [0.2, 0.25) is 10.0 Å². The zero-order valence-electron chi connectivity index (χ0n) is 19.2. The molecular weight excluding hydrogens is 474 g/mol. The molecule has 0 bridgehead atoms. The van der Waals surface area contributed by atoms with Gasteiger partial charge in [0.2, 0.25) is 0 Å². The quantitative estimate of drug-likeness (QED) is 0.496. The van der Waals surface area contributed by atoms with Gasteiger partial charge in [-0.1, -0.05) is 29.3 Å². The fourth-order valence-electron chi connectivity index (χ4n) is 5.21. The number of anilines is 1. The Labute approximate surface area is 209 Å². The minimum atomic E-state index is -0.218. The van der Waals surface area contributed by atoms with Crippen molar-refractivity contribution in [2.45, 2.75) is 38.4 Å². The van der Waals surface area contributed by atoms with Crippen LogP contribution in [0.25, 0.3) is 5.69 Å². The van der Waals surface area contributed by atoms with Crippen LogP contribution in [-0.2, 0) is 6.54 Å². The van der Waals surface area contributed by atoms with E-state index < -0.39 is 0 Å². The van der Waals surface area contributed by atoms with Crippen molar-refractivity contribution in [1.29, 1.82) is 0 Å². The molecule has 34 heavy (non-hydrogen) atoms. The van der Waals surface area contributed by atoms with Gasteiger partial charge in [0.15, 0.2) is 0 Å². The molecule has 3 aromatic rings. The summed E-state index contributed by atoms with van der Waals surface area (Å²) in [7, 11) is 0. The van der Waals surface area contributed by atoms with Crippen LogP contribution in [0.5, 0.6) is 0 Å². The van der Waals surface area contributed by atoms with E-state index in [-0.39, 0.29) is 5.82 Å². The van der Waals surface area contributed by atoms with E-state index in [0.717, 1.165) is 57.1 Å². The standard InChI is InChI=1S/C25H29Cl2FN6/c1-18-16-32(25-23(27)14-22(15-29-25)34-8-2-7-30-34)11-12-33(18)21-5-9-31(10-6-21)17-19-3-4-20(26)13-24(19)28/h2-4,7-8,13-15,18,21H,5-6,9-12,16-17H2,1H3/t18-/m0/s1. The second kappa shape index (κ2) is 10.2. The zero-order chi connectivity index (χ0) is 23.7. The number of pyridine rings is 1. The highest BCUT2D eigenvalue weighted by molar-refractivity contribution is 6.33.